The Kier molecular flexibility index (Phi) is 4.52. The lowest BCUT2D eigenvalue weighted by atomic mass is 10.2. The molecule has 5 heteroatoms. The molecule has 1 N–H and O–H groups in total. The standard InChI is InChI=1S/C13H15BrN2O2/c1-16-12(7-17)13(14)11(15-16)9-18-8-10-5-3-2-4-6-10/h2-6,17H,7-9H2,1H3. The summed E-state index contributed by atoms with van der Waals surface area (Å²) in [4.78, 5) is 0. The van der Waals surface area contributed by atoms with Gasteiger partial charge in [-0.15, -0.1) is 0 Å². The summed E-state index contributed by atoms with van der Waals surface area (Å²) < 4.78 is 8.09. The molecule has 0 aliphatic heterocycles. The molecule has 0 aliphatic rings. The van der Waals surface area contributed by atoms with E-state index in [4.69, 9.17) is 4.74 Å². The fourth-order valence-electron chi connectivity index (χ4n) is 1.70. The second kappa shape index (κ2) is 6.13. The van der Waals surface area contributed by atoms with Crippen LogP contribution in [0, 0.1) is 0 Å². The van der Waals surface area contributed by atoms with Gasteiger partial charge in [-0.05, 0) is 21.5 Å². The molecule has 4 nitrogen and oxygen atoms in total. The SMILES string of the molecule is Cn1nc(COCc2ccccc2)c(Br)c1CO. The molecule has 0 spiro atoms. The van der Waals surface area contributed by atoms with E-state index in [2.05, 4.69) is 21.0 Å². The highest BCUT2D eigenvalue weighted by molar-refractivity contribution is 9.10. The Hall–Kier alpha value is -1.17. The van der Waals surface area contributed by atoms with Crippen molar-refractivity contribution in [3.05, 3.63) is 51.8 Å². The largest absolute Gasteiger partial charge is 0.390 e. The van der Waals surface area contributed by atoms with Gasteiger partial charge < -0.3 is 9.84 Å². The smallest absolute Gasteiger partial charge is 0.103 e. The summed E-state index contributed by atoms with van der Waals surface area (Å²) in [7, 11) is 1.80. The Morgan fingerprint density at radius 2 is 2.00 bits per heavy atom. The van der Waals surface area contributed by atoms with Gasteiger partial charge in [0.1, 0.15) is 5.69 Å². The number of ether oxygens (including phenoxy) is 1. The molecule has 2 rings (SSSR count). The highest BCUT2D eigenvalue weighted by atomic mass is 79.9. The first-order chi connectivity index (χ1) is 8.72. The van der Waals surface area contributed by atoms with Gasteiger partial charge in [0.15, 0.2) is 0 Å². The highest BCUT2D eigenvalue weighted by Gasteiger charge is 2.12. The molecule has 2 aromatic rings. The lowest BCUT2D eigenvalue weighted by Crippen LogP contribution is -1.98. The molecule has 0 fully saturated rings. The first-order valence-electron chi connectivity index (χ1n) is 5.65. The number of hydrogen-bond donors (Lipinski definition) is 1. The molecule has 0 bridgehead atoms. The third kappa shape index (κ3) is 2.98. The van der Waals surface area contributed by atoms with Gasteiger partial charge in [0.2, 0.25) is 0 Å². The van der Waals surface area contributed by atoms with E-state index in [0.29, 0.717) is 13.2 Å². The molecule has 0 unspecified atom stereocenters. The van der Waals surface area contributed by atoms with Crippen LogP contribution in [0.25, 0.3) is 0 Å². The van der Waals surface area contributed by atoms with Crippen LogP contribution in [0.1, 0.15) is 17.0 Å². The molecule has 1 heterocycles. The van der Waals surface area contributed by atoms with Crippen molar-refractivity contribution in [1.82, 2.24) is 9.78 Å². The van der Waals surface area contributed by atoms with E-state index < -0.39 is 0 Å². The van der Waals surface area contributed by atoms with E-state index in [9.17, 15) is 5.11 Å². The number of aliphatic hydroxyl groups is 1. The monoisotopic (exact) mass is 310 g/mol. The van der Waals surface area contributed by atoms with E-state index >= 15 is 0 Å². The number of aliphatic hydroxyl groups excluding tert-OH is 1. The van der Waals surface area contributed by atoms with Crippen molar-refractivity contribution in [2.45, 2.75) is 19.8 Å². The predicted molar refractivity (Wildman–Crippen MR) is 71.8 cm³/mol. The molecule has 1 aromatic carbocycles. The van der Waals surface area contributed by atoms with Crippen molar-refractivity contribution < 1.29 is 9.84 Å². The molecule has 18 heavy (non-hydrogen) atoms. The molecule has 0 atom stereocenters. The van der Waals surface area contributed by atoms with Gasteiger partial charge >= 0.3 is 0 Å². The minimum absolute atomic E-state index is 0.0389. The van der Waals surface area contributed by atoms with Gasteiger partial charge in [0, 0.05) is 7.05 Å². The first kappa shape index (κ1) is 13.3. The molecule has 96 valence electrons. The average molecular weight is 311 g/mol. The van der Waals surface area contributed by atoms with Crippen molar-refractivity contribution in [3.8, 4) is 0 Å². The van der Waals surface area contributed by atoms with Crippen molar-refractivity contribution >= 4 is 15.9 Å². The number of hydrogen-bond acceptors (Lipinski definition) is 3. The van der Waals surface area contributed by atoms with Gasteiger partial charge in [-0.25, -0.2) is 0 Å². The zero-order valence-electron chi connectivity index (χ0n) is 10.1. The first-order valence-corrected chi connectivity index (χ1v) is 6.44. The van der Waals surface area contributed by atoms with Crippen LogP contribution in [0.3, 0.4) is 0 Å². The molecular weight excluding hydrogens is 296 g/mol. The Balaban J connectivity index is 1.95. The minimum Gasteiger partial charge on any atom is -0.390 e. The average Bonchev–Trinajstić information content (AvgIpc) is 2.65. The van der Waals surface area contributed by atoms with E-state index in [1.165, 1.54) is 0 Å². The molecule has 1 aromatic heterocycles. The van der Waals surface area contributed by atoms with E-state index in [0.717, 1.165) is 21.4 Å². The van der Waals surface area contributed by atoms with E-state index in [1.54, 1.807) is 11.7 Å². The molecule has 0 saturated heterocycles. The van der Waals surface area contributed by atoms with Gasteiger partial charge in [0.25, 0.3) is 0 Å². The summed E-state index contributed by atoms with van der Waals surface area (Å²) in [5.74, 6) is 0. The van der Waals surface area contributed by atoms with Crippen LogP contribution in [0.4, 0.5) is 0 Å². The summed E-state index contributed by atoms with van der Waals surface area (Å²) in [6, 6.07) is 9.99. The van der Waals surface area contributed by atoms with Gasteiger partial charge in [-0.2, -0.15) is 5.10 Å². The molecule has 0 radical (unpaired) electrons. The molecule has 0 aliphatic carbocycles. The highest BCUT2D eigenvalue weighted by Crippen LogP contribution is 2.21. The van der Waals surface area contributed by atoms with Crippen LogP contribution in [0.2, 0.25) is 0 Å². The summed E-state index contributed by atoms with van der Waals surface area (Å²) in [5.41, 5.74) is 2.69. The Morgan fingerprint density at radius 3 is 2.61 bits per heavy atom. The zero-order valence-corrected chi connectivity index (χ0v) is 11.7. The van der Waals surface area contributed by atoms with Gasteiger partial charge in [-0.3, -0.25) is 4.68 Å². The Labute approximate surface area is 114 Å². The van der Waals surface area contributed by atoms with Crippen LogP contribution >= 0.6 is 15.9 Å². The predicted octanol–water partition coefficient (Wildman–Crippen LogP) is 2.39. The zero-order chi connectivity index (χ0) is 13.0. The fourth-order valence-corrected chi connectivity index (χ4v) is 2.27. The molecular formula is C13H15BrN2O2. The summed E-state index contributed by atoms with van der Waals surface area (Å²) in [6.45, 7) is 0.935. The lowest BCUT2D eigenvalue weighted by Gasteiger charge is -2.02. The number of nitrogens with zero attached hydrogens (tertiary/aromatic N) is 2. The third-order valence-electron chi connectivity index (χ3n) is 2.67. The van der Waals surface area contributed by atoms with E-state index in [-0.39, 0.29) is 6.61 Å². The van der Waals surface area contributed by atoms with E-state index in [1.807, 2.05) is 30.3 Å². The fraction of sp³-hybridized carbons (Fsp3) is 0.308. The maximum atomic E-state index is 9.18. The van der Waals surface area contributed by atoms with Crippen molar-refractivity contribution in [1.29, 1.82) is 0 Å². The topological polar surface area (TPSA) is 47.3 Å². The summed E-state index contributed by atoms with van der Waals surface area (Å²) in [5, 5.41) is 13.5. The van der Waals surface area contributed by atoms with Crippen LogP contribution in [-0.2, 0) is 31.6 Å². The maximum absolute atomic E-state index is 9.18. The number of benzene rings is 1. The van der Waals surface area contributed by atoms with Crippen LogP contribution in [0.15, 0.2) is 34.8 Å². The number of rotatable bonds is 5. The summed E-state index contributed by atoms with van der Waals surface area (Å²) in [6.07, 6.45) is 0. The second-order valence-corrected chi connectivity index (χ2v) is 4.76. The quantitative estimate of drug-likeness (QED) is 0.922. The Bertz CT molecular complexity index is 511. The number of aryl methyl sites for hydroxylation is 1. The van der Waals surface area contributed by atoms with Crippen molar-refractivity contribution in [2.75, 3.05) is 0 Å². The molecule has 0 amide bonds. The van der Waals surface area contributed by atoms with Crippen molar-refractivity contribution in [2.24, 2.45) is 7.05 Å². The molecule has 0 saturated carbocycles. The van der Waals surface area contributed by atoms with Gasteiger partial charge in [0.05, 0.1) is 30.0 Å². The Morgan fingerprint density at radius 1 is 1.28 bits per heavy atom. The lowest BCUT2D eigenvalue weighted by molar-refractivity contribution is 0.104. The van der Waals surface area contributed by atoms with Crippen LogP contribution in [-0.4, -0.2) is 14.9 Å². The van der Waals surface area contributed by atoms with Gasteiger partial charge in [-0.1, -0.05) is 30.3 Å². The number of halogens is 1. The van der Waals surface area contributed by atoms with Crippen molar-refractivity contribution in [3.63, 3.8) is 0 Å². The number of aromatic nitrogens is 2. The summed E-state index contributed by atoms with van der Waals surface area (Å²) >= 11 is 3.43. The minimum atomic E-state index is -0.0389. The normalized spacial score (nSPS) is 10.8. The third-order valence-corrected chi connectivity index (χ3v) is 3.58. The van der Waals surface area contributed by atoms with Crippen LogP contribution in [0.5, 0.6) is 0 Å². The van der Waals surface area contributed by atoms with Crippen LogP contribution < -0.4 is 0 Å². The second-order valence-electron chi connectivity index (χ2n) is 3.97. The maximum Gasteiger partial charge on any atom is 0.103 e.